The smallest absolute Gasteiger partial charge is 0.224 e. The van der Waals surface area contributed by atoms with Crippen molar-refractivity contribution in [3.05, 3.63) is 71.3 Å². The van der Waals surface area contributed by atoms with Crippen LogP contribution in [0.25, 0.3) is 0 Å². The SMILES string of the molecule is O=C(CCNC(=O)Cc1ccccc1)NCc1ccccc1CO. The Labute approximate surface area is 141 Å². The Balaban J connectivity index is 1.67. The summed E-state index contributed by atoms with van der Waals surface area (Å²) in [5, 5.41) is 14.8. The average molecular weight is 326 g/mol. The van der Waals surface area contributed by atoms with E-state index < -0.39 is 0 Å². The summed E-state index contributed by atoms with van der Waals surface area (Å²) in [6, 6.07) is 16.9. The highest BCUT2D eigenvalue weighted by Gasteiger charge is 2.06. The van der Waals surface area contributed by atoms with Crippen molar-refractivity contribution in [1.29, 1.82) is 0 Å². The predicted octanol–water partition coefficient (Wildman–Crippen LogP) is 1.54. The lowest BCUT2D eigenvalue weighted by molar-refractivity contribution is -0.122. The third kappa shape index (κ3) is 5.85. The molecule has 0 aliphatic rings. The molecular formula is C19H22N2O3. The van der Waals surface area contributed by atoms with E-state index in [-0.39, 0.29) is 24.8 Å². The van der Waals surface area contributed by atoms with E-state index in [9.17, 15) is 14.7 Å². The fourth-order valence-corrected chi connectivity index (χ4v) is 2.33. The molecule has 0 fully saturated rings. The molecular weight excluding hydrogens is 304 g/mol. The van der Waals surface area contributed by atoms with Crippen molar-refractivity contribution in [3.63, 3.8) is 0 Å². The minimum absolute atomic E-state index is 0.0540. The molecule has 126 valence electrons. The van der Waals surface area contributed by atoms with E-state index in [1.807, 2.05) is 54.6 Å². The minimum atomic E-state index is -0.136. The third-order valence-electron chi connectivity index (χ3n) is 3.65. The van der Waals surface area contributed by atoms with Crippen LogP contribution >= 0.6 is 0 Å². The third-order valence-corrected chi connectivity index (χ3v) is 3.65. The maximum atomic E-state index is 11.8. The number of hydrogen-bond acceptors (Lipinski definition) is 3. The molecule has 3 N–H and O–H groups in total. The number of amides is 2. The quantitative estimate of drug-likeness (QED) is 0.688. The van der Waals surface area contributed by atoms with Gasteiger partial charge < -0.3 is 15.7 Å². The van der Waals surface area contributed by atoms with Gasteiger partial charge >= 0.3 is 0 Å². The van der Waals surface area contributed by atoms with Gasteiger partial charge in [0.05, 0.1) is 13.0 Å². The standard InChI is InChI=1S/C19H22N2O3/c22-14-17-9-5-4-8-16(17)13-21-18(23)10-11-20-19(24)12-15-6-2-1-3-7-15/h1-9,22H,10-14H2,(H,20,24)(H,21,23). The highest BCUT2D eigenvalue weighted by atomic mass is 16.3. The van der Waals surface area contributed by atoms with Crippen molar-refractivity contribution >= 4 is 11.8 Å². The molecule has 2 amide bonds. The summed E-state index contributed by atoms with van der Waals surface area (Å²) in [7, 11) is 0. The van der Waals surface area contributed by atoms with Crippen molar-refractivity contribution in [2.24, 2.45) is 0 Å². The molecule has 2 rings (SSSR count). The van der Waals surface area contributed by atoms with E-state index in [0.717, 1.165) is 16.7 Å². The van der Waals surface area contributed by atoms with Gasteiger partial charge in [0, 0.05) is 19.5 Å². The molecule has 2 aromatic carbocycles. The van der Waals surface area contributed by atoms with E-state index >= 15 is 0 Å². The van der Waals surface area contributed by atoms with Crippen molar-refractivity contribution in [2.75, 3.05) is 6.54 Å². The lowest BCUT2D eigenvalue weighted by atomic mass is 10.1. The molecule has 0 bridgehead atoms. The molecule has 24 heavy (non-hydrogen) atoms. The molecule has 0 unspecified atom stereocenters. The van der Waals surface area contributed by atoms with Crippen LogP contribution in [-0.2, 0) is 29.2 Å². The zero-order valence-electron chi connectivity index (χ0n) is 13.5. The number of nitrogens with one attached hydrogen (secondary N) is 2. The molecule has 0 aliphatic heterocycles. The Morgan fingerprint density at radius 2 is 1.50 bits per heavy atom. The van der Waals surface area contributed by atoms with Crippen LogP contribution in [0.1, 0.15) is 23.1 Å². The Bertz CT molecular complexity index is 671. The summed E-state index contributed by atoms with van der Waals surface area (Å²) in [5.41, 5.74) is 2.63. The Morgan fingerprint density at radius 3 is 2.21 bits per heavy atom. The molecule has 0 radical (unpaired) electrons. The van der Waals surface area contributed by atoms with Gasteiger partial charge in [-0.15, -0.1) is 0 Å². The second-order valence-electron chi connectivity index (χ2n) is 5.47. The second-order valence-corrected chi connectivity index (χ2v) is 5.47. The van der Waals surface area contributed by atoms with E-state index in [0.29, 0.717) is 19.5 Å². The van der Waals surface area contributed by atoms with Crippen LogP contribution in [-0.4, -0.2) is 23.5 Å². The van der Waals surface area contributed by atoms with Gasteiger partial charge in [0.15, 0.2) is 0 Å². The van der Waals surface area contributed by atoms with Crippen LogP contribution < -0.4 is 10.6 Å². The number of aliphatic hydroxyl groups excluding tert-OH is 1. The van der Waals surface area contributed by atoms with E-state index in [2.05, 4.69) is 10.6 Å². The summed E-state index contributed by atoms with van der Waals surface area (Å²) in [6.07, 6.45) is 0.536. The van der Waals surface area contributed by atoms with Crippen molar-refractivity contribution in [3.8, 4) is 0 Å². The van der Waals surface area contributed by atoms with Crippen molar-refractivity contribution in [2.45, 2.75) is 26.0 Å². The van der Waals surface area contributed by atoms with Gasteiger partial charge in [0.1, 0.15) is 0 Å². The molecule has 0 saturated heterocycles. The lowest BCUT2D eigenvalue weighted by Crippen LogP contribution is -2.31. The Kier molecular flexibility index (Phi) is 6.98. The fourth-order valence-electron chi connectivity index (χ4n) is 2.33. The first-order valence-corrected chi connectivity index (χ1v) is 7.94. The van der Waals surface area contributed by atoms with Gasteiger partial charge in [-0.25, -0.2) is 0 Å². The van der Waals surface area contributed by atoms with Crippen molar-refractivity contribution < 1.29 is 14.7 Å². The number of hydrogen-bond donors (Lipinski definition) is 3. The molecule has 0 aromatic heterocycles. The minimum Gasteiger partial charge on any atom is -0.392 e. The summed E-state index contributed by atoms with van der Waals surface area (Å²) >= 11 is 0. The fraction of sp³-hybridized carbons (Fsp3) is 0.263. The van der Waals surface area contributed by atoms with Crippen LogP contribution in [0, 0.1) is 0 Å². The predicted molar refractivity (Wildman–Crippen MR) is 92.0 cm³/mol. The number of rotatable bonds is 8. The average Bonchev–Trinajstić information content (AvgIpc) is 2.61. The highest BCUT2D eigenvalue weighted by molar-refractivity contribution is 5.80. The van der Waals surface area contributed by atoms with Gasteiger partial charge in [-0.1, -0.05) is 54.6 Å². The Hall–Kier alpha value is -2.66. The van der Waals surface area contributed by atoms with E-state index in [1.54, 1.807) is 0 Å². The van der Waals surface area contributed by atoms with Crippen LogP contribution in [0.15, 0.2) is 54.6 Å². The monoisotopic (exact) mass is 326 g/mol. The van der Waals surface area contributed by atoms with Gasteiger partial charge in [0.2, 0.25) is 11.8 Å². The first-order chi connectivity index (χ1) is 11.7. The highest BCUT2D eigenvalue weighted by Crippen LogP contribution is 2.08. The van der Waals surface area contributed by atoms with Crippen LogP contribution in [0.5, 0.6) is 0 Å². The molecule has 5 nitrogen and oxygen atoms in total. The van der Waals surface area contributed by atoms with Crippen LogP contribution in [0.3, 0.4) is 0 Å². The van der Waals surface area contributed by atoms with E-state index in [1.165, 1.54) is 0 Å². The summed E-state index contributed by atoms with van der Waals surface area (Å²) in [4.78, 5) is 23.6. The molecule has 0 saturated carbocycles. The number of aliphatic hydroxyl groups is 1. The molecule has 0 spiro atoms. The van der Waals surface area contributed by atoms with Gasteiger partial charge in [-0.3, -0.25) is 9.59 Å². The summed E-state index contributed by atoms with van der Waals surface area (Å²) < 4.78 is 0. The van der Waals surface area contributed by atoms with E-state index in [4.69, 9.17) is 0 Å². The Morgan fingerprint density at radius 1 is 0.833 bits per heavy atom. The molecule has 2 aromatic rings. The van der Waals surface area contributed by atoms with Gasteiger partial charge in [-0.05, 0) is 16.7 Å². The number of carbonyl (C=O) groups excluding carboxylic acids is 2. The maximum Gasteiger partial charge on any atom is 0.224 e. The molecule has 0 atom stereocenters. The largest absolute Gasteiger partial charge is 0.392 e. The molecule has 0 aliphatic carbocycles. The topological polar surface area (TPSA) is 78.4 Å². The van der Waals surface area contributed by atoms with Gasteiger partial charge in [-0.2, -0.15) is 0 Å². The summed E-state index contributed by atoms with van der Waals surface area (Å²) in [6.45, 7) is 0.619. The zero-order valence-corrected chi connectivity index (χ0v) is 13.5. The van der Waals surface area contributed by atoms with Crippen molar-refractivity contribution in [1.82, 2.24) is 10.6 Å². The molecule has 5 heteroatoms. The molecule has 0 heterocycles. The lowest BCUT2D eigenvalue weighted by Gasteiger charge is -2.09. The maximum absolute atomic E-state index is 11.8. The number of carbonyl (C=O) groups is 2. The van der Waals surface area contributed by atoms with Crippen LogP contribution in [0.2, 0.25) is 0 Å². The number of benzene rings is 2. The van der Waals surface area contributed by atoms with Gasteiger partial charge in [0.25, 0.3) is 0 Å². The van der Waals surface area contributed by atoms with Crippen LogP contribution in [0.4, 0.5) is 0 Å². The first-order valence-electron chi connectivity index (χ1n) is 7.94. The normalized spacial score (nSPS) is 10.2. The summed E-state index contributed by atoms with van der Waals surface area (Å²) in [5.74, 6) is -0.234. The second kappa shape index (κ2) is 9.47. The zero-order chi connectivity index (χ0) is 17.2. The first kappa shape index (κ1) is 17.7.